The van der Waals surface area contributed by atoms with Crippen molar-refractivity contribution >= 4 is 0 Å². The van der Waals surface area contributed by atoms with Crippen LogP contribution in [0.5, 0.6) is 0 Å². The highest BCUT2D eigenvalue weighted by Crippen LogP contribution is 1.84. The van der Waals surface area contributed by atoms with Crippen LogP contribution in [0.3, 0.4) is 0 Å². The van der Waals surface area contributed by atoms with Crippen molar-refractivity contribution in [1.29, 1.82) is 0 Å². The van der Waals surface area contributed by atoms with Gasteiger partial charge in [-0.1, -0.05) is 0 Å². The monoisotopic (exact) mass is 204 g/mol. The second-order valence-corrected chi connectivity index (χ2v) is 3.93. The lowest BCUT2D eigenvalue weighted by Gasteiger charge is -2.21. The number of hydrogen-bond donors (Lipinski definition) is 2. The molecule has 12 heavy (non-hydrogen) atoms. The highest BCUT2D eigenvalue weighted by Gasteiger charge is 2.02. The van der Waals surface area contributed by atoms with Crippen molar-refractivity contribution in [2.45, 2.75) is 0 Å². The first-order valence-electron chi connectivity index (χ1n) is 3.11. The van der Waals surface area contributed by atoms with Gasteiger partial charge in [0.05, 0.1) is 42.7 Å². The SMILES string of the molecule is C[N+](C)(C)CCO.[O-][Cl+3]([O-])([O-])O. The molecule has 0 saturated carbocycles. The van der Waals surface area contributed by atoms with Gasteiger partial charge in [0.2, 0.25) is 0 Å². The molecule has 0 atom stereocenters. The topological polar surface area (TPSA) is 110 Å². The smallest absolute Gasteiger partial charge is 0.101 e. The van der Waals surface area contributed by atoms with Gasteiger partial charge in [0.15, 0.2) is 0 Å². The van der Waals surface area contributed by atoms with Gasteiger partial charge in [-0.3, -0.25) is 0 Å². The highest BCUT2D eigenvalue weighted by atomic mass is 35.7. The molecule has 7 heteroatoms. The van der Waals surface area contributed by atoms with Crippen molar-refractivity contribution in [1.82, 2.24) is 0 Å². The van der Waals surface area contributed by atoms with E-state index in [1.165, 1.54) is 0 Å². The Labute approximate surface area is 73.6 Å². The molecular formula is C5H15ClNO5+. The van der Waals surface area contributed by atoms with E-state index in [0.29, 0.717) is 0 Å². The van der Waals surface area contributed by atoms with Crippen molar-refractivity contribution < 1.29 is 38.5 Å². The lowest BCUT2D eigenvalue weighted by Crippen LogP contribution is -2.58. The molecule has 76 valence electrons. The normalized spacial score (nSPS) is 12.0. The van der Waals surface area contributed by atoms with E-state index in [1.807, 2.05) is 0 Å². The van der Waals surface area contributed by atoms with Crippen molar-refractivity contribution in [2.75, 3.05) is 34.3 Å². The quantitative estimate of drug-likeness (QED) is 0.441. The van der Waals surface area contributed by atoms with Crippen LogP contribution in [0.15, 0.2) is 0 Å². The number of quaternary nitrogens is 1. The molecule has 0 fully saturated rings. The Hall–Kier alpha value is 0.0500. The van der Waals surface area contributed by atoms with Gasteiger partial charge in [-0.25, -0.2) is 0 Å². The second kappa shape index (κ2) is 5.65. The lowest BCUT2D eigenvalue weighted by atomic mass is 10.5. The zero-order chi connectivity index (χ0) is 10.4. The molecule has 2 N–H and O–H groups in total. The van der Waals surface area contributed by atoms with Gasteiger partial charge in [0, 0.05) is 0 Å². The summed E-state index contributed by atoms with van der Waals surface area (Å²) in [6, 6.07) is 0. The summed E-state index contributed by atoms with van der Waals surface area (Å²) in [6.45, 7) is 1.11. The van der Waals surface area contributed by atoms with E-state index in [4.69, 9.17) is 23.7 Å². The largest absolute Gasteiger partial charge is 0.391 e. The molecule has 0 spiro atoms. The predicted molar refractivity (Wildman–Crippen MR) is 32.2 cm³/mol. The summed E-state index contributed by atoms with van der Waals surface area (Å²) in [5, 5.41) is 8.39. The van der Waals surface area contributed by atoms with Crippen molar-refractivity contribution in [3.8, 4) is 0 Å². The Kier molecular flexibility index (Phi) is 6.86. The van der Waals surface area contributed by atoms with Gasteiger partial charge in [0.25, 0.3) is 0 Å². The van der Waals surface area contributed by atoms with Crippen LogP contribution in [-0.4, -0.2) is 48.5 Å². The van der Waals surface area contributed by atoms with Crippen LogP contribution < -0.4 is 14.0 Å². The maximum absolute atomic E-state index is 8.60. The molecule has 0 saturated heterocycles. The summed E-state index contributed by atoms with van der Waals surface area (Å²) in [5.41, 5.74) is 0. The molecule has 0 rings (SSSR count). The number of aliphatic hydroxyl groups excluding tert-OH is 1. The minimum atomic E-state index is -4.69. The molecule has 0 amide bonds. The summed E-state index contributed by atoms with van der Waals surface area (Å²) < 4.78 is 33.6. The molecule has 0 aliphatic rings. The maximum Gasteiger partial charge on any atom is 0.101 e. The lowest BCUT2D eigenvalue weighted by molar-refractivity contribution is -1.92. The molecule has 6 nitrogen and oxygen atoms in total. The third-order valence-electron chi connectivity index (χ3n) is 0.771. The van der Waals surface area contributed by atoms with E-state index in [2.05, 4.69) is 21.1 Å². The van der Waals surface area contributed by atoms with Gasteiger partial charge in [-0.2, -0.15) is 14.0 Å². The van der Waals surface area contributed by atoms with Crippen LogP contribution in [0.2, 0.25) is 0 Å². The zero-order valence-electron chi connectivity index (χ0n) is 7.36. The number of hydrogen-bond acceptors (Lipinski definition) is 5. The second-order valence-electron chi connectivity index (χ2n) is 3.13. The van der Waals surface area contributed by atoms with Gasteiger partial charge in [-0.15, -0.1) is 0 Å². The number of nitrogens with zero attached hydrogens (tertiary/aromatic N) is 1. The molecule has 0 aliphatic heterocycles. The Bertz CT molecular complexity index is 101. The molecule has 0 heterocycles. The average Bonchev–Trinajstić information content (AvgIpc) is 1.54. The van der Waals surface area contributed by atoms with E-state index in [9.17, 15) is 0 Å². The minimum Gasteiger partial charge on any atom is -0.391 e. The first-order chi connectivity index (χ1) is 5.06. The average molecular weight is 205 g/mol. The number of aliphatic hydroxyl groups is 1. The molecular weight excluding hydrogens is 190 g/mol. The summed E-state index contributed by atoms with van der Waals surface area (Å²) in [7, 11) is 1.46. The Morgan fingerprint density at radius 2 is 1.42 bits per heavy atom. The van der Waals surface area contributed by atoms with Crippen LogP contribution in [0.25, 0.3) is 0 Å². The fourth-order valence-electron chi connectivity index (χ4n) is 0.300. The molecule has 0 bridgehead atoms. The van der Waals surface area contributed by atoms with Crippen molar-refractivity contribution in [2.24, 2.45) is 0 Å². The first-order valence-corrected chi connectivity index (χ1v) is 4.37. The highest BCUT2D eigenvalue weighted by molar-refractivity contribution is 4.19. The van der Waals surface area contributed by atoms with Gasteiger partial charge in [0.1, 0.15) is 6.54 Å². The third kappa shape index (κ3) is 50.2. The molecule has 0 aromatic heterocycles. The molecule has 0 aromatic carbocycles. The summed E-state index contributed by atoms with van der Waals surface area (Å²) in [4.78, 5) is 0. The first kappa shape index (κ1) is 14.6. The van der Waals surface area contributed by atoms with Gasteiger partial charge in [-0.05, 0) is 0 Å². The summed E-state index contributed by atoms with van der Waals surface area (Å²) in [6.07, 6.45) is 0. The predicted octanol–water partition coefficient (Wildman–Crippen LogP) is -4.44. The van der Waals surface area contributed by atoms with Crippen LogP contribution in [0.4, 0.5) is 0 Å². The van der Waals surface area contributed by atoms with E-state index in [0.717, 1.165) is 11.0 Å². The van der Waals surface area contributed by atoms with E-state index >= 15 is 0 Å². The molecule has 0 aromatic rings. The van der Waals surface area contributed by atoms with Crippen LogP contribution in [0, 0.1) is 10.2 Å². The molecule has 0 unspecified atom stereocenters. The fraction of sp³-hybridized carbons (Fsp3) is 1.00. The minimum absolute atomic E-state index is 0.281. The van der Waals surface area contributed by atoms with Crippen molar-refractivity contribution in [3.05, 3.63) is 0 Å². The standard InChI is InChI=1S/C5H14NO.ClHO4/c1-6(2,3)4-5-7;2-1(3,4)5/h7H,4-5H2,1-3H3;(H,2,3,4,5)/q+1;. The van der Waals surface area contributed by atoms with Crippen LogP contribution in [0.1, 0.15) is 0 Å². The zero-order valence-corrected chi connectivity index (χ0v) is 8.11. The Morgan fingerprint density at radius 1 is 1.17 bits per heavy atom. The Morgan fingerprint density at radius 3 is 1.42 bits per heavy atom. The summed E-state index contributed by atoms with van der Waals surface area (Å²) in [5.74, 6) is 0. The third-order valence-corrected chi connectivity index (χ3v) is 0.771. The number of likely N-dealkylation sites (N-methyl/N-ethyl adjacent to an activating group) is 1. The van der Waals surface area contributed by atoms with E-state index in [-0.39, 0.29) is 6.61 Å². The number of rotatable bonds is 2. The number of halogens is 1. The van der Waals surface area contributed by atoms with E-state index < -0.39 is 10.2 Å². The van der Waals surface area contributed by atoms with Crippen LogP contribution >= 0.6 is 0 Å². The Balaban J connectivity index is 0. The molecule has 0 radical (unpaired) electrons. The van der Waals surface area contributed by atoms with Crippen molar-refractivity contribution in [3.63, 3.8) is 0 Å². The molecule has 0 aliphatic carbocycles. The van der Waals surface area contributed by atoms with Gasteiger partial charge >= 0.3 is 0 Å². The van der Waals surface area contributed by atoms with Crippen LogP contribution in [-0.2, 0) is 0 Å². The maximum atomic E-state index is 8.60. The van der Waals surface area contributed by atoms with E-state index in [1.54, 1.807) is 0 Å². The van der Waals surface area contributed by atoms with Gasteiger partial charge < -0.3 is 9.59 Å². The fourth-order valence-corrected chi connectivity index (χ4v) is 0.300. The summed E-state index contributed by atoms with van der Waals surface area (Å²) >= 11 is 0.